The molecule has 1 fully saturated rings. The van der Waals surface area contributed by atoms with Gasteiger partial charge in [0.05, 0.1) is 22.0 Å². The van der Waals surface area contributed by atoms with Crippen LogP contribution in [0.2, 0.25) is 10.0 Å². The molecule has 0 unspecified atom stereocenters. The lowest BCUT2D eigenvalue weighted by Gasteiger charge is -2.23. The van der Waals surface area contributed by atoms with Crippen molar-refractivity contribution in [3.05, 3.63) is 33.8 Å². The lowest BCUT2D eigenvalue weighted by Crippen LogP contribution is -2.26. The maximum atomic E-state index is 11.6. The van der Waals surface area contributed by atoms with Gasteiger partial charge < -0.3 is 10.0 Å². The maximum Gasteiger partial charge on any atom is 0.309 e. The third-order valence-corrected chi connectivity index (χ3v) is 3.93. The quantitative estimate of drug-likeness (QED) is 0.910. The van der Waals surface area contributed by atoms with Gasteiger partial charge in [0.1, 0.15) is 0 Å². The van der Waals surface area contributed by atoms with Gasteiger partial charge in [0.2, 0.25) is 5.91 Å². The van der Waals surface area contributed by atoms with Crippen LogP contribution >= 0.6 is 23.2 Å². The molecule has 1 aromatic carbocycles. The van der Waals surface area contributed by atoms with E-state index in [2.05, 4.69) is 0 Å². The number of hydrogen-bond donors (Lipinski definition) is 1. The fourth-order valence-electron chi connectivity index (χ4n) is 2.24. The largest absolute Gasteiger partial charge is 0.481 e. The molecule has 6 heteroatoms. The van der Waals surface area contributed by atoms with Crippen molar-refractivity contribution in [2.75, 3.05) is 7.05 Å². The van der Waals surface area contributed by atoms with Crippen LogP contribution in [0.5, 0.6) is 0 Å². The van der Waals surface area contributed by atoms with Gasteiger partial charge >= 0.3 is 5.97 Å². The highest BCUT2D eigenvalue weighted by atomic mass is 35.5. The van der Waals surface area contributed by atoms with Crippen LogP contribution in [0.3, 0.4) is 0 Å². The number of nitrogens with zero attached hydrogens (tertiary/aromatic N) is 1. The van der Waals surface area contributed by atoms with Crippen LogP contribution in [-0.4, -0.2) is 28.9 Å². The summed E-state index contributed by atoms with van der Waals surface area (Å²) in [5, 5.41) is 9.92. The molecule has 1 aliphatic heterocycles. The second-order valence-corrected chi connectivity index (χ2v) is 5.09. The van der Waals surface area contributed by atoms with Crippen LogP contribution in [-0.2, 0) is 9.59 Å². The number of amides is 1. The van der Waals surface area contributed by atoms with Crippen molar-refractivity contribution in [1.82, 2.24) is 4.90 Å². The molecule has 1 saturated heterocycles. The number of rotatable bonds is 2. The first-order valence-electron chi connectivity index (χ1n) is 5.35. The van der Waals surface area contributed by atoms with Crippen molar-refractivity contribution in [2.24, 2.45) is 5.92 Å². The van der Waals surface area contributed by atoms with E-state index >= 15 is 0 Å². The second kappa shape index (κ2) is 4.78. The SMILES string of the molecule is CN1C(=O)C[C@H](C(=O)O)[C@@H]1c1ccc(Cl)c(Cl)c1. The second-order valence-electron chi connectivity index (χ2n) is 4.27. The molecule has 18 heavy (non-hydrogen) atoms. The molecule has 4 nitrogen and oxygen atoms in total. The Morgan fingerprint density at radius 1 is 1.39 bits per heavy atom. The molecule has 0 radical (unpaired) electrons. The van der Waals surface area contributed by atoms with Crippen molar-refractivity contribution >= 4 is 35.1 Å². The number of halogens is 2. The monoisotopic (exact) mass is 287 g/mol. The van der Waals surface area contributed by atoms with Gasteiger partial charge in [-0.05, 0) is 17.7 Å². The molecule has 1 aromatic rings. The van der Waals surface area contributed by atoms with Gasteiger partial charge in [-0.15, -0.1) is 0 Å². The number of carbonyl (C=O) groups excluding carboxylic acids is 1. The van der Waals surface area contributed by atoms with Crippen molar-refractivity contribution in [3.8, 4) is 0 Å². The molecule has 1 N–H and O–H groups in total. The molecule has 0 spiro atoms. The molecule has 0 aromatic heterocycles. The van der Waals surface area contributed by atoms with E-state index in [4.69, 9.17) is 28.3 Å². The van der Waals surface area contributed by atoms with Gasteiger partial charge in [0, 0.05) is 13.5 Å². The summed E-state index contributed by atoms with van der Waals surface area (Å²) >= 11 is 11.7. The Hall–Kier alpha value is -1.26. The lowest BCUT2D eigenvalue weighted by atomic mass is 9.94. The standard InChI is InChI=1S/C12H11Cl2NO3/c1-15-10(16)5-7(12(17)18)11(15)6-2-3-8(13)9(14)4-6/h2-4,7,11H,5H2,1H3,(H,17,18)/t7-,11-/m0/s1. The van der Waals surface area contributed by atoms with Gasteiger partial charge in [-0.25, -0.2) is 0 Å². The van der Waals surface area contributed by atoms with E-state index in [0.29, 0.717) is 15.6 Å². The molecule has 2 atom stereocenters. The van der Waals surface area contributed by atoms with Crippen molar-refractivity contribution in [1.29, 1.82) is 0 Å². The van der Waals surface area contributed by atoms with Crippen LogP contribution in [0, 0.1) is 5.92 Å². The Labute approximate surface area is 114 Å². The highest BCUT2D eigenvalue weighted by Crippen LogP contribution is 2.38. The lowest BCUT2D eigenvalue weighted by molar-refractivity contribution is -0.142. The molecule has 0 aliphatic carbocycles. The van der Waals surface area contributed by atoms with Crippen molar-refractivity contribution in [3.63, 3.8) is 0 Å². The number of carbonyl (C=O) groups is 2. The summed E-state index contributed by atoms with van der Waals surface area (Å²) in [6, 6.07) is 4.42. The zero-order chi connectivity index (χ0) is 13.4. The summed E-state index contributed by atoms with van der Waals surface area (Å²) in [6.07, 6.45) is 0.0107. The predicted octanol–water partition coefficient (Wildman–Crippen LogP) is 2.60. The molecule has 2 rings (SSSR count). The van der Waals surface area contributed by atoms with Crippen LogP contribution in [0.4, 0.5) is 0 Å². The summed E-state index contributed by atoms with van der Waals surface area (Å²) in [4.78, 5) is 24.3. The number of carboxylic acid groups (broad SMARTS) is 1. The van der Waals surface area contributed by atoms with Crippen molar-refractivity contribution < 1.29 is 14.7 Å². The Bertz CT molecular complexity index is 518. The number of aliphatic carboxylic acids is 1. The van der Waals surface area contributed by atoms with Crippen LogP contribution < -0.4 is 0 Å². The third kappa shape index (κ3) is 2.18. The van der Waals surface area contributed by atoms with Crippen molar-refractivity contribution in [2.45, 2.75) is 12.5 Å². The topological polar surface area (TPSA) is 57.6 Å². The Balaban J connectivity index is 2.42. The van der Waals surface area contributed by atoms with E-state index in [-0.39, 0.29) is 12.3 Å². The first-order chi connectivity index (χ1) is 8.41. The molecular formula is C12H11Cl2NO3. The van der Waals surface area contributed by atoms with Gasteiger partial charge in [-0.2, -0.15) is 0 Å². The highest BCUT2D eigenvalue weighted by molar-refractivity contribution is 6.42. The molecular weight excluding hydrogens is 277 g/mol. The van der Waals surface area contributed by atoms with E-state index in [1.807, 2.05) is 0 Å². The minimum Gasteiger partial charge on any atom is -0.481 e. The fourth-order valence-corrected chi connectivity index (χ4v) is 2.55. The highest BCUT2D eigenvalue weighted by Gasteiger charge is 2.42. The average Bonchev–Trinajstić information content (AvgIpc) is 2.60. The van der Waals surface area contributed by atoms with E-state index < -0.39 is 17.9 Å². The minimum atomic E-state index is -0.983. The first-order valence-corrected chi connectivity index (χ1v) is 6.11. The molecule has 0 bridgehead atoms. The molecule has 1 aliphatic rings. The Morgan fingerprint density at radius 3 is 2.61 bits per heavy atom. The fraction of sp³-hybridized carbons (Fsp3) is 0.333. The van der Waals surface area contributed by atoms with Crippen LogP contribution in [0.25, 0.3) is 0 Å². The van der Waals surface area contributed by atoms with Gasteiger partial charge in [-0.1, -0.05) is 29.3 Å². The maximum absolute atomic E-state index is 11.6. The van der Waals surface area contributed by atoms with Gasteiger partial charge in [-0.3, -0.25) is 9.59 Å². The number of likely N-dealkylation sites (tertiary alicyclic amines) is 1. The van der Waals surface area contributed by atoms with E-state index in [0.717, 1.165) is 0 Å². The smallest absolute Gasteiger partial charge is 0.309 e. The average molecular weight is 288 g/mol. The molecule has 1 amide bonds. The molecule has 96 valence electrons. The Kier molecular flexibility index (Phi) is 3.50. The minimum absolute atomic E-state index is 0.0107. The molecule has 1 heterocycles. The summed E-state index contributed by atoms with van der Waals surface area (Å²) in [5.74, 6) is -1.91. The van der Waals surface area contributed by atoms with Gasteiger partial charge in [0.15, 0.2) is 0 Å². The van der Waals surface area contributed by atoms with E-state index in [1.54, 1.807) is 25.2 Å². The normalized spacial score (nSPS) is 23.5. The zero-order valence-corrected chi connectivity index (χ0v) is 11.1. The predicted molar refractivity (Wildman–Crippen MR) is 67.7 cm³/mol. The van der Waals surface area contributed by atoms with E-state index in [1.165, 1.54) is 4.90 Å². The van der Waals surface area contributed by atoms with Gasteiger partial charge in [0.25, 0.3) is 0 Å². The number of carboxylic acids is 1. The molecule has 0 saturated carbocycles. The Morgan fingerprint density at radius 2 is 2.06 bits per heavy atom. The third-order valence-electron chi connectivity index (χ3n) is 3.19. The summed E-state index contributed by atoms with van der Waals surface area (Å²) in [6.45, 7) is 0. The summed E-state index contributed by atoms with van der Waals surface area (Å²) in [7, 11) is 1.60. The zero-order valence-electron chi connectivity index (χ0n) is 9.56. The number of benzene rings is 1. The summed E-state index contributed by atoms with van der Waals surface area (Å²) < 4.78 is 0. The number of hydrogen-bond acceptors (Lipinski definition) is 2. The summed E-state index contributed by atoms with van der Waals surface area (Å²) in [5.41, 5.74) is 0.685. The van der Waals surface area contributed by atoms with Crippen LogP contribution in [0.15, 0.2) is 18.2 Å². The first kappa shape index (κ1) is 13.2. The van der Waals surface area contributed by atoms with E-state index in [9.17, 15) is 9.59 Å². The van der Waals surface area contributed by atoms with Crippen LogP contribution in [0.1, 0.15) is 18.0 Å².